The van der Waals surface area contributed by atoms with Crippen molar-refractivity contribution in [3.63, 3.8) is 0 Å². The van der Waals surface area contributed by atoms with E-state index in [0.29, 0.717) is 10.4 Å². The third kappa shape index (κ3) is 0.851. The van der Waals surface area contributed by atoms with Crippen LogP contribution in [-0.2, 0) is 0 Å². The highest BCUT2D eigenvalue weighted by Gasteiger charge is 2.19. The monoisotopic (exact) mass is 164 g/mol. The molecule has 0 amide bonds. The second-order valence-corrected chi connectivity index (χ2v) is 3.14. The molecular weight excluding hydrogens is 160 g/mol. The molecule has 54 valence electrons. The van der Waals surface area contributed by atoms with E-state index in [2.05, 4.69) is 0 Å². The predicted molar refractivity (Wildman–Crippen MR) is 42.1 cm³/mol. The quantitative estimate of drug-likeness (QED) is 0.584. The van der Waals surface area contributed by atoms with Crippen LogP contribution in [0.3, 0.4) is 0 Å². The summed E-state index contributed by atoms with van der Waals surface area (Å²) in [5.74, 6) is -0.129. The molecule has 0 unspecified atom stereocenters. The molecule has 0 saturated carbocycles. The van der Waals surface area contributed by atoms with E-state index in [4.69, 9.17) is 0 Å². The molecule has 1 aromatic rings. The Morgan fingerprint density at radius 2 is 1.82 bits per heavy atom. The molecular formula is C8H4O2S. The van der Waals surface area contributed by atoms with Gasteiger partial charge in [0.15, 0.2) is 11.6 Å². The zero-order valence-electron chi connectivity index (χ0n) is 5.53. The molecule has 0 saturated heterocycles. The van der Waals surface area contributed by atoms with Gasteiger partial charge in [0.1, 0.15) is 0 Å². The minimum atomic E-state index is -0.0687. The largest absolute Gasteiger partial charge is 0.289 e. The van der Waals surface area contributed by atoms with E-state index in [1.807, 2.05) is 0 Å². The van der Waals surface area contributed by atoms with E-state index < -0.39 is 0 Å². The van der Waals surface area contributed by atoms with Crippen molar-refractivity contribution >= 4 is 22.9 Å². The fourth-order valence-electron chi connectivity index (χ4n) is 1.01. The van der Waals surface area contributed by atoms with Crippen molar-refractivity contribution < 1.29 is 9.59 Å². The summed E-state index contributed by atoms with van der Waals surface area (Å²) < 4.78 is 0. The maximum atomic E-state index is 11.1. The molecule has 3 heteroatoms. The van der Waals surface area contributed by atoms with Crippen molar-refractivity contribution in [3.8, 4) is 0 Å². The highest BCUT2D eigenvalue weighted by atomic mass is 32.1. The number of thiophene rings is 1. The third-order valence-corrected chi connectivity index (χ3v) is 2.47. The van der Waals surface area contributed by atoms with Crippen LogP contribution in [0.5, 0.6) is 0 Å². The van der Waals surface area contributed by atoms with Gasteiger partial charge >= 0.3 is 0 Å². The van der Waals surface area contributed by atoms with Crippen LogP contribution in [0.15, 0.2) is 23.6 Å². The Morgan fingerprint density at radius 1 is 1.09 bits per heavy atom. The second-order valence-electron chi connectivity index (χ2n) is 2.23. The number of allylic oxidation sites excluding steroid dienone is 2. The number of fused-ring (bicyclic) bond motifs is 1. The fraction of sp³-hybridized carbons (Fsp3) is 0. The van der Waals surface area contributed by atoms with Crippen LogP contribution in [0, 0.1) is 0 Å². The van der Waals surface area contributed by atoms with Crippen molar-refractivity contribution in [2.75, 3.05) is 0 Å². The van der Waals surface area contributed by atoms with Crippen molar-refractivity contribution in [2.45, 2.75) is 0 Å². The topological polar surface area (TPSA) is 34.1 Å². The van der Waals surface area contributed by atoms with E-state index in [1.54, 1.807) is 11.4 Å². The average Bonchev–Trinajstić information content (AvgIpc) is 2.45. The van der Waals surface area contributed by atoms with E-state index in [9.17, 15) is 9.59 Å². The van der Waals surface area contributed by atoms with Crippen molar-refractivity contribution in [1.29, 1.82) is 0 Å². The zero-order valence-corrected chi connectivity index (χ0v) is 6.35. The van der Waals surface area contributed by atoms with Gasteiger partial charge in [0, 0.05) is 5.56 Å². The minimum Gasteiger partial charge on any atom is -0.289 e. The summed E-state index contributed by atoms with van der Waals surface area (Å²) in [6.07, 6.45) is 2.64. The molecule has 1 aromatic heterocycles. The summed E-state index contributed by atoms with van der Waals surface area (Å²) in [6, 6.07) is 1.68. The molecule has 0 aromatic carbocycles. The molecule has 1 heterocycles. The Hall–Kier alpha value is -1.22. The summed E-state index contributed by atoms with van der Waals surface area (Å²) in [5.41, 5.74) is 0.544. The molecule has 1 aliphatic rings. The number of hydrogen-bond acceptors (Lipinski definition) is 3. The second kappa shape index (κ2) is 2.13. The molecule has 0 spiro atoms. The van der Waals surface area contributed by atoms with E-state index in [0.717, 1.165) is 0 Å². The standard InChI is InChI=1S/C8H4O2S/c9-6-1-2-7(10)8-5(6)3-4-11-8/h1-4H. The van der Waals surface area contributed by atoms with Crippen LogP contribution in [-0.4, -0.2) is 11.6 Å². The lowest BCUT2D eigenvalue weighted by Crippen LogP contribution is -2.07. The SMILES string of the molecule is O=C1C=CC(=O)c2sccc21. The van der Waals surface area contributed by atoms with Gasteiger partial charge in [-0.3, -0.25) is 9.59 Å². The Kier molecular flexibility index (Phi) is 1.26. The summed E-state index contributed by atoms with van der Waals surface area (Å²) in [5, 5.41) is 1.76. The van der Waals surface area contributed by atoms with Crippen LogP contribution in [0.2, 0.25) is 0 Å². The van der Waals surface area contributed by atoms with Gasteiger partial charge in [0.2, 0.25) is 0 Å². The molecule has 1 aliphatic carbocycles. The minimum absolute atomic E-state index is 0.0606. The molecule has 2 nitrogen and oxygen atoms in total. The van der Waals surface area contributed by atoms with Gasteiger partial charge in [0.05, 0.1) is 4.88 Å². The Labute approximate surface area is 67.2 Å². The van der Waals surface area contributed by atoms with Crippen molar-refractivity contribution in [3.05, 3.63) is 34.0 Å². The molecule has 2 rings (SSSR count). The number of carbonyl (C=O) groups excluding carboxylic acids is 2. The normalized spacial score (nSPS) is 15.3. The Bertz CT molecular complexity index is 327. The Balaban J connectivity index is 2.68. The van der Waals surface area contributed by atoms with Crippen LogP contribution in [0.4, 0.5) is 0 Å². The molecule has 0 N–H and O–H groups in total. The van der Waals surface area contributed by atoms with Crippen LogP contribution in [0.1, 0.15) is 20.0 Å². The smallest absolute Gasteiger partial charge is 0.196 e. The van der Waals surface area contributed by atoms with E-state index in [-0.39, 0.29) is 11.6 Å². The van der Waals surface area contributed by atoms with Gasteiger partial charge in [0.25, 0.3) is 0 Å². The first-order valence-electron chi connectivity index (χ1n) is 3.13. The van der Waals surface area contributed by atoms with Gasteiger partial charge in [-0.15, -0.1) is 11.3 Å². The maximum absolute atomic E-state index is 11.1. The molecule has 11 heavy (non-hydrogen) atoms. The van der Waals surface area contributed by atoms with Crippen molar-refractivity contribution in [2.24, 2.45) is 0 Å². The lowest BCUT2D eigenvalue weighted by Gasteiger charge is -2.00. The lowest BCUT2D eigenvalue weighted by molar-refractivity contribution is 0.0997. The van der Waals surface area contributed by atoms with Crippen LogP contribution >= 0.6 is 11.3 Å². The first kappa shape index (κ1) is 6.49. The molecule has 0 fully saturated rings. The first-order valence-corrected chi connectivity index (χ1v) is 4.01. The number of carbonyl (C=O) groups is 2. The lowest BCUT2D eigenvalue weighted by atomic mass is 10.0. The fourth-order valence-corrected chi connectivity index (χ4v) is 1.83. The predicted octanol–water partition coefficient (Wildman–Crippen LogP) is 1.68. The molecule has 0 aliphatic heterocycles. The maximum Gasteiger partial charge on any atom is 0.196 e. The van der Waals surface area contributed by atoms with Gasteiger partial charge < -0.3 is 0 Å². The molecule has 0 atom stereocenters. The van der Waals surface area contributed by atoms with Gasteiger partial charge in [-0.2, -0.15) is 0 Å². The van der Waals surface area contributed by atoms with Crippen LogP contribution < -0.4 is 0 Å². The summed E-state index contributed by atoms with van der Waals surface area (Å²) in [7, 11) is 0. The van der Waals surface area contributed by atoms with Gasteiger partial charge in [-0.1, -0.05) is 0 Å². The van der Waals surface area contributed by atoms with Gasteiger partial charge in [-0.25, -0.2) is 0 Å². The summed E-state index contributed by atoms with van der Waals surface area (Å²) in [4.78, 5) is 22.7. The van der Waals surface area contributed by atoms with E-state index >= 15 is 0 Å². The number of hydrogen-bond donors (Lipinski definition) is 0. The van der Waals surface area contributed by atoms with Crippen molar-refractivity contribution in [1.82, 2.24) is 0 Å². The van der Waals surface area contributed by atoms with E-state index in [1.165, 1.54) is 23.5 Å². The summed E-state index contributed by atoms with van der Waals surface area (Å²) in [6.45, 7) is 0. The number of rotatable bonds is 0. The average molecular weight is 164 g/mol. The highest BCUT2D eigenvalue weighted by molar-refractivity contribution is 7.12. The van der Waals surface area contributed by atoms with Crippen LogP contribution in [0.25, 0.3) is 0 Å². The third-order valence-electron chi connectivity index (χ3n) is 1.54. The molecule has 0 bridgehead atoms. The molecule has 0 radical (unpaired) electrons. The number of ketones is 2. The van der Waals surface area contributed by atoms with Gasteiger partial charge in [-0.05, 0) is 23.6 Å². The zero-order chi connectivity index (χ0) is 7.84. The Morgan fingerprint density at radius 3 is 2.55 bits per heavy atom. The first-order chi connectivity index (χ1) is 5.29. The highest BCUT2D eigenvalue weighted by Crippen LogP contribution is 2.21. The summed E-state index contributed by atoms with van der Waals surface area (Å²) >= 11 is 1.32.